The largest absolute Gasteiger partial charge is 0.354 e. The predicted octanol–water partition coefficient (Wildman–Crippen LogP) is 4.10. The first kappa shape index (κ1) is 14.0. The number of fused-ring (bicyclic) bond motifs is 1. The van der Waals surface area contributed by atoms with Gasteiger partial charge in [0.1, 0.15) is 0 Å². The number of hydrazone groups is 1. The molecule has 3 aromatic rings. The van der Waals surface area contributed by atoms with Gasteiger partial charge in [0, 0.05) is 40.0 Å². The van der Waals surface area contributed by atoms with Gasteiger partial charge < -0.3 is 4.98 Å². The van der Waals surface area contributed by atoms with E-state index in [4.69, 9.17) is 11.6 Å². The number of carbonyl (C=O) groups is 1. The lowest BCUT2D eigenvalue weighted by atomic mass is 10.0. The van der Waals surface area contributed by atoms with Crippen LogP contribution in [-0.2, 0) is 4.79 Å². The Kier molecular flexibility index (Phi) is 3.39. The number of aromatic nitrogens is 1. The highest BCUT2D eigenvalue weighted by molar-refractivity contribution is 6.33. The quantitative estimate of drug-likeness (QED) is 0.733. The van der Waals surface area contributed by atoms with E-state index in [1.54, 1.807) is 0 Å². The summed E-state index contributed by atoms with van der Waals surface area (Å²) < 4.78 is 0. The molecule has 4 rings (SSSR count). The molecule has 1 aromatic heterocycles. The van der Waals surface area contributed by atoms with Gasteiger partial charge in [0.15, 0.2) is 0 Å². The zero-order valence-electron chi connectivity index (χ0n) is 12.3. The first-order valence-electron chi connectivity index (χ1n) is 7.44. The minimum absolute atomic E-state index is 0.0301. The molecule has 1 aliphatic rings. The number of H-pyrrole nitrogens is 1. The van der Waals surface area contributed by atoms with Crippen LogP contribution in [0.25, 0.3) is 22.2 Å². The van der Waals surface area contributed by atoms with Crippen molar-refractivity contribution in [2.45, 2.75) is 12.8 Å². The molecule has 1 amide bonds. The van der Waals surface area contributed by atoms with Gasteiger partial charge in [0.2, 0.25) is 5.91 Å². The second-order valence-corrected chi connectivity index (χ2v) is 5.97. The molecule has 2 N–H and O–H groups in total. The average molecular weight is 324 g/mol. The predicted molar refractivity (Wildman–Crippen MR) is 92.7 cm³/mol. The Balaban J connectivity index is 1.76. The number of hydrogen-bond acceptors (Lipinski definition) is 2. The Hall–Kier alpha value is -2.59. The standard InChI is InChI=1S/C18H14ClN3O/c19-14-4-2-1-3-13(14)17-10-12-9-11(5-6-15(12)20-17)16-7-8-18(23)22-21-16/h1-6,9-10,20H,7-8H2,(H,22,23). The van der Waals surface area contributed by atoms with Crippen molar-refractivity contribution in [2.24, 2.45) is 5.10 Å². The van der Waals surface area contributed by atoms with Crippen LogP contribution in [0, 0.1) is 0 Å². The Morgan fingerprint density at radius 1 is 1.04 bits per heavy atom. The van der Waals surface area contributed by atoms with Crippen LogP contribution >= 0.6 is 11.6 Å². The molecule has 0 atom stereocenters. The van der Waals surface area contributed by atoms with E-state index in [2.05, 4.69) is 27.6 Å². The molecule has 1 aliphatic heterocycles. The molecule has 2 aromatic carbocycles. The van der Waals surface area contributed by atoms with Gasteiger partial charge in [-0.3, -0.25) is 4.79 Å². The van der Waals surface area contributed by atoms with Crippen molar-refractivity contribution in [2.75, 3.05) is 0 Å². The highest BCUT2D eigenvalue weighted by atomic mass is 35.5. The van der Waals surface area contributed by atoms with E-state index in [1.807, 2.05) is 36.4 Å². The fraction of sp³-hybridized carbons (Fsp3) is 0.111. The van der Waals surface area contributed by atoms with Crippen LogP contribution in [0.15, 0.2) is 53.6 Å². The van der Waals surface area contributed by atoms with Crippen LogP contribution in [0.4, 0.5) is 0 Å². The smallest absolute Gasteiger partial charge is 0.240 e. The lowest BCUT2D eigenvalue weighted by Gasteiger charge is -2.11. The lowest BCUT2D eigenvalue weighted by molar-refractivity contribution is -0.121. The Labute approximate surface area is 138 Å². The van der Waals surface area contributed by atoms with E-state index >= 15 is 0 Å². The molecule has 0 bridgehead atoms. The van der Waals surface area contributed by atoms with E-state index in [1.165, 1.54) is 0 Å². The van der Waals surface area contributed by atoms with Crippen LogP contribution in [0.1, 0.15) is 18.4 Å². The molecule has 0 aliphatic carbocycles. The fourth-order valence-electron chi connectivity index (χ4n) is 2.82. The highest BCUT2D eigenvalue weighted by Gasteiger charge is 2.14. The third-order valence-electron chi connectivity index (χ3n) is 4.02. The minimum atomic E-state index is -0.0301. The summed E-state index contributed by atoms with van der Waals surface area (Å²) in [5.74, 6) is -0.0301. The zero-order chi connectivity index (χ0) is 15.8. The number of hydrogen-bond donors (Lipinski definition) is 2. The summed E-state index contributed by atoms with van der Waals surface area (Å²) in [6.45, 7) is 0. The zero-order valence-corrected chi connectivity index (χ0v) is 13.0. The number of halogens is 1. The summed E-state index contributed by atoms with van der Waals surface area (Å²) in [5.41, 5.74) is 7.49. The van der Waals surface area contributed by atoms with Gasteiger partial charge in [-0.05, 0) is 29.8 Å². The van der Waals surface area contributed by atoms with Gasteiger partial charge in [0.25, 0.3) is 0 Å². The van der Waals surface area contributed by atoms with Crippen molar-refractivity contribution < 1.29 is 4.79 Å². The summed E-state index contributed by atoms with van der Waals surface area (Å²) in [4.78, 5) is 14.6. The van der Waals surface area contributed by atoms with Crippen molar-refractivity contribution in [3.63, 3.8) is 0 Å². The number of nitrogens with zero attached hydrogens (tertiary/aromatic N) is 1. The van der Waals surface area contributed by atoms with Gasteiger partial charge in [-0.15, -0.1) is 0 Å². The van der Waals surface area contributed by atoms with Crippen molar-refractivity contribution in [3.05, 3.63) is 59.1 Å². The average Bonchev–Trinajstić information content (AvgIpc) is 2.99. The highest BCUT2D eigenvalue weighted by Crippen LogP contribution is 2.30. The summed E-state index contributed by atoms with van der Waals surface area (Å²) >= 11 is 6.27. The van der Waals surface area contributed by atoms with Gasteiger partial charge >= 0.3 is 0 Å². The molecule has 4 nitrogen and oxygen atoms in total. The second-order valence-electron chi connectivity index (χ2n) is 5.56. The molecule has 23 heavy (non-hydrogen) atoms. The molecule has 0 saturated heterocycles. The minimum Gasteiger partial charge on any atom is -0.354 e. The number of amides is 1. The van der Waals surface area contributed by atoms with E-state index in [-0.39, 0.29) is 5.91 Å². The fourth-order valence-corrected chi connectivity index (χ4v) is 3.06. The number of nitrogens with one attached hydrogen (secondary N) is 2. The van der Waals surface area contributed by atoms with Crippen LogP contribution in [0.3, 0.4) is 0 Å². The maximum Gasteiger partial charge on any atom is 0.240 e. The normalized spacial score (nSPS) is 14.7. The van der Waals surface area contributed by atoms with E-state index in [9.17, 15) is 4.79 Å². The molecule has 0 fully saturated rings. The van der Waals surface area contributed by atoms with E-state index in [0.29, 0.717) is 12.8 Å². The first-order valence-corrected chi connectivity index (χ1v) is 7.82. The van der Waals surface area contributed by atoms with Crippen molar-refractivity contribution >= 4 is 34.1 Å². The summed E-state index contributed by atoms with van der Waals surface area (Å²) in [7, 11) is 0. The number of aromatic amines is 1. The molecule has 5 heteroatoms. The van der Waals surface area contributed by atoms with Gasteiger partial charge in [-0.1, -0.05) is 35.9 Å². The van der Waals surface area contributed by atoms with Gasteiger partial charge in [0.05, 0.1) is 5.71 Å². The topological polar surface area (TPSA) is 57.2 Å². The van der Waals surface area contributed by atoms with Crippen LogP contribution in [0.2, 0.25) is 5.02 Å². The van der Waals surface area contributed by atoms with Crippen molar-refractivity contribution in [1.82, 2.24) is 10.4 Å². The van der Waals surface area contributed by atoms with Crippen molar-refractivity contribution in [3.8, 4) is 11.3 Å². The summed E-state index contributed by atoms with van der Waals surface area (Å²) in [6.07, 6.45) is 1.15. The van der Waals surface area contributed by atoms with Gasteiger partial charge in [-0.2, -0.15) is 5.10 Å². The third kappa shape index (κ3) is 2.62. The number of carbonyl (C=O) groups excluding carboxylic acids is 1. The maximum absolute atomic E-state index is 11.2. The van der Waals surface area contributed by atoms with Crippen molar-refractivity contribution in [1.29, 1.82) is 0 Å². The summed E-state index contributed by atoms with van der Waals surface area (Å²) in [6, 6.07) is 16.0. The third-order valence-corrected chi connectivity index (χ3v) is 4.35. The SMILES string of the molecule is O=C1CCC(c2ccc3[nH]c(-c4ccccc4Cl)cc3c2)=NN1. The van der Waals surface area contributed by atoms with Gasteiger partial charge in [-0.25, -0.2) is 5.43 Å². The van der Waals surface area contributed by atoms with Crippen LogP contribution in [0.5, 0.6) is 0 Å². The molecular weight excluding hydrogens is 310 g/mol. The Morgan fingerprint density at radius 2 is 1.91 bits per heavy atom. The number of rotatable bonds is 2. The summed E-state index contributed by atoms with van der Waals surface area (Å²) in [5, 5.41) is 5.97. The Morgan fingerprint density at radius 3 is 2.70 bits per heavy atom. The van der Waals surface area contributed by atoms with Crippen LogP contribution < -0.4 is 5.43 Å². The molecule has 114 valence electrons. The molecule has 0 saturated carbocycles. The first-order chi connectivity index (χ1) is 11.2. The number of benzene rings is 2. The molecular formula is C18H14ClN3O. The molecule has 0 spiro atoms. The molecule has 0 unspecified atom stereocenters. The Bertz CT molecular complexity index is 942. The molecule has 0 radical (unpaired) electrons. The van der Waals surface area contributed by atoms with E-state index in [0.717, 1.165) is 38.5 Å². The van der Waals surface area contributed by atoms with E-state index < -0.39 is 0 Å². The maximum atomic E-state index is 11.2. The molecule has 2 heterocycles. The monoisotopic (exact) mass is 323 g/mol. The van der Waals surface area contributed by atoms with Crippen LogP contribution in [-0.4, -0.2) is 16.6 Å². The second kappa shape index (κ2) is 5.56. The lowest BCUT2D eigenvalue weighted by Crippen LogP contribution is -2.25.